The molecule has 6 nitrogen and oxygen atoms in total. The zero-order valence-corrected chi connectivity index (χ0v) is 10.1. The SMILES string of the molecule is c1cn2cnnc2c(N2CCOCC3(CC3)C2)n1. The van der Waals surface area contributed by atoms with Gasteiger partial charge in [-0.05, 0) is 12.8 Å². The number of fused-ring (bicyclic) bond motifs is 1. The van der Waals surface area contributed by atoms with Gasteiger partial charge in [0.2, 0.25) is 5.65 Å². The van der Waals surface area contributed by atoms with Gasteiger partial charge in [0.15, 0.2) is 5.82 Å². The van der Waals surface area contributed by atoms with Crippen molar-refractivity contribution in [2.45, 2.75) is 12.8 Å². The number of hydrogen-bond acceptors (Lipinski definition) is 5. The minimum Gasteiger partial charge on any atom is -0.379 e. The Balaban J connectivity index is 1.74. The van der Waals surface area contributed by atoms with Gasteiger partial charge in [0, 0.05) is 30.9 Å². The van der Waals surface area contributed by atoms with Crippen molar-refractivity contribution in [3.63, 3.8) is 0 Å². The molecule has 2 aromatic heterocycles. The second-order valence-corrected chi connectivity index (χ2v) is 5.29. The van der Waals surface area contributed by atoms with Crippen molar-refractivity contribution in [3.05, 3.63) is 18.7 Å². The monoisotopic (exact) mass is 245 g/mol. The Morgan fingerprint density at radius 3 is 3.17 bits per heavy atom. The molecule has 2 aromatic rings. The molecule has 2 aliphatic rings. The predicted molar refractivity (Wildman–Crippen MR) is 65.5 cm³/mol. The highest BCUT2D eigenvalue weighted by atomic mass is 16.5. The van der Waals surface area contributed by atoms with Crippen molar-refractivity contribution in [2.24, 2.45) is 5.41 Å². The lowest BCUT2D eigenvalue weighted by Gasteiger charge is -2.24. The standard InChI is InChI=1S/C12H15N5O/c1-2-12(1)7-16(5-6-18-8-12)10-11-15-14-9-17(11)4-3-13-10/h3-4,9H,1-2,5-8H2. The highest BCUT2D eigenvalue weighted by Gasteiger charge is 2.45. The van der Waals surface area contributed by atoms with Gasteiger partial charge in [-0.15, -0.1) is 10.2 Å². The van der Waals surface area contributed by atoms with Crippen molar-refractivity contribution in [3.8, 4) is 0 Å². The van der Waals surface area contributed by atoms with Gasteiger partial charge in [-0.1, -0.05) is 0 Å². The molecular formula is C12H15N5O. The molecule has 2 fully saturated rings. The smallest absolute Gasteiger partial charge is 0.203 e. The molecule has 18 heavy (non-hydrogen) atoms. The molecule has 1 saturated heterocycles. The van der Waals surface area contributed by atoms with Crippen molar-refractivity contribution in [2.75, 3.05) is 31.2 Å². The summed E-state index contributed by atoms with van der Waals surface area (Å²) in [5, 5.41) is 8.11. The lowest BCUT2D eigenvalue weighted by Crippen LogP contribution is -2.32. The second-order valence-electron chi connectivity index (χ2n) is 5.29. The summed E-state index contributed by atoms with van der Waals surface area (Å²) in [6, 6.07) is 0. The first-order valence-electron chi connectivity index (χ1n) is 6.33. The molecular weight excluding hydrogens is 230 g/mol. The number of aromatic nitrogens is 4. The number of rotatable bonds is 1. The van der Waals surface area contributed by atoms with E-state index in [-0.39, 0.29) is 0 Å². The zero-order valence-electron chi connectivity index (χ0n) is 10.1. The third-order valence-corrected chi connectivity index (χ3v) is 3.89. The highest BCUT2D eigenvalue weighted by Crippen LogP contribution is 2.47. The molecule has 0 unspecified atom stereocenters. The number of hydrogen-bond donors (Lipinski definition) is 0. The number of anilines is 1. The van der Waals surface area contributed by atoms with E-state index < -0.39 is 0 Å². The van der Waals surface area contributed by atoms with E-state index in [2.05, 4.69) is 20.1 Å². The van der Waals surface area contributed by atoms with Crippen LogP contribution in [-0.2, 0) is 4.74 Å². The lowest BCUT2D eigenvalue weighted by atomic mass is 10.1. The zero-order chi connectivity index (χ0) is 12.0. The Morgan fingerprint density at radius 2 is 2.28 bits per heavy atom. The fourth-order valence-electron chi connectivity index (χ4n) is 2.62. The molecule has 0 aromatic carbocycles. The Bertz CT molecular complexity index is 577. The van der Waals surface area contributed by atoms with Gasteiger partial charge in [0.1, 0.15) is 6.33 Å². The first-order valence-corrected chi connectivity index (χ1v) is 6.33. The van der Waals surface area contributed by atoms with Crippen LogP contribution in [0, 0.1) is 5.41 Å². The molecule has 6 heteroatoms. The van der Waals surface area contributed by atoms with E-state index in [0.29, 0.717) is 5.41 Å². The largest absolute Gasteiger partial charge is 0.379 e. The summed E-state index contributed by atoms with van der Waals surface area (Å²) in [6.45, 7) is 3.55. The fraction of sp³-hybridized carbons (Fsp3) is 0.583. The van der Waals surface area contributed by atoms with Crippen molar-refractivity contribution in [1.82, 2.24) is 19.6 Å². The minimum atomic E-state index is 0.366. The average molecular weight is 245 g/mol. The van der Waals surface area contributed by atoms with Crippen molar-refractivity contribution >= 4 is 11.5 Å². The molecule has 3 heterocycles. The molecule has 1 aliphatic carbocycles. The van der Waals surface area contributed by atoms with Gasteiger partial charge in [0.25, 0.3) is 0 Å². The summed E-state index contributed by atoms with van der Waals surface area (Å²) < 4.78 is 7.62. The van der Waals surface area contributed by atoms with Crippen LogP contribution in [0.5, 0.6) is 0 Å². The molecule has 0 atom stereocenters. The average Bonchev–Trinajstić information content (AvgIpc) is 3.05. The third-order valence-electron chi connectivity index (χ3n) is 3.89. The first-order chi connectivity index (χ1) is 8.86. The fourth-order valence-corrected chi connectivity index (χ4v) is 2.62. The predicted octanol–water partition coefficient (Wildman–Crippen LogP) is 0.741. The van der Waals surface area contributed by atoms with Crippen LogP contribution in [0.25, 0.3) is 5.65 Å². The quantitative estimate of drug-likeness (QED) is 0.741. The van der Waals surface area contributed by atoms with Crippen LogP contribution < -0.4 is 4.90 Å². The summed E-state index contributed by atoms with van der Waals surface area (Å²) in [6.07, 6.45) is 7.91. The third kappa shape index (κ3) is 1.56. The summed E-state index contributed by atoms with van der Waals surface area (Å²) in [5.74, 6) is 0.923. The number of nitrogens with zero attached hydrogens (tertiary/aromatic N) is 5. The van der Waals surface area contributed by atoms with Gasteiger partial charge in [0.05, 0.1) is 13.2 Å². The van der Waals surface area contributed by atoms with Crippen LogP contribution >= 0.6 is 0 Å². The van der Waals surface area contributed by atoms with Gasteiger partial charge in [-0.25, -0.2) is 4.98 Å². The van der Waals surface area contributed by atoms with E-state index in [1.54, 1.807) is 12.5 Å². The van der Waals surface area contributed by atoms with E-state index in [9.17, 15) is 0 Å². The van der Waals surface area contributed by atoms with Crippen LogP contribution in [-0.4, -0.2) is 45.9 Å². The maximum Gasteiger partial charge on any atom is 0.203 e. The number of ether oxygens (including phenoxy) is 1. The van der Waals surface area contributed by atoms with Crippen LogP contribution in [0.4, 0.5) is 5.82 Å². The summed E-state index contributed by atoms with van der Waals surface area (Å²) in [5.41, 5.74) is 1.19. The van der Waals surface area contributed by atoms with Crippen molar-refractivity contribution < 1.29 is 4.74 Å². The van der Waals surface area contributed by atoms with Crippen LogP contribution in [0.15, 0.2) is 18.7 Å². The molecule has 0 radical (unpaired) electrons. The minimum absolute atomic E-state index is 0.366. The molecule has 94 valence electrons. The van der Waals surface area contributed by atoms with Crippen LogP contribution in [0.2, 0.25) is 0 Å². The summed E-state index contributed by atoms with van der Waals surface area (Å²) in [4.78, 5) is 6.78. The Kier molecular flexibility index (Phi) is 2.08. The van der Waals surface area contributed by atoms with E-state index in [0.717, 1.165) is 37.8 Å². The topological polar surface area (TPSA) is 55.5 Å². The molecule has 0 N–H and O–H groups in total. The Labute approximate surface area is 105 Å². The van der Waals surface area contributed by atoms with Gasteiger partial charge < -0.3 is 9.64 Å². The molecule has 1 aliphatic heterocycles. The second kappa shape index (κ2) is 3.65. The lowest BCUT2D eigenvalue weighted by molar-refractivity contribution is 0.116. The van der Waals surface area contributed by atoms with Crippen LogP contribution in [0.3, 0.4) is 0 Å². The maximum absolute atomic E-state index is 5.71. The molecule has 1 saturated carbocycles. The van der Waals surface area contributed by atoms with Crippen molar-refractivity contribution in [1.29, 1.82) is 0 Å². The van der Waals surface area contributed by atoms with Gasteiger partial charge in [-0.3, -0.25) is 4.40 Å². The van der Waals surface area contributed by atoms with E-state index in [1.807, 2.05) is 10.6 Å². The highest BCUT2D eigenvalue weighted by molar-refractivity contribution is 5.63. The molecule has 4 rings (SSSR count). The van der Waals surface area contributed by atoms with E-state index in [4.69, 9.17) is 4.74 Å². The summed E-state index contributed by atoms with van der Waals surface area (Å²) in [7, 11) is 0. The van der Waals surface area contributed by atoms with Crippen LogP contribution in [0.1, 0.15) is 12.8 Å². The molecule has 0 amide bonds. The summed E-state index contributed by atoms with van der Waals surface area (Å²) >= 11 is 0. The van der Waals surface area contributed by atoms with E-state index >= 15 is 0 Å². The maximum atomic E-state index is 5.71. The Hall–Kier alpha value is -1.69. The van der Waals surface area contributed by atoms with Gasteiger partial charge >= 0.3 is 0 Å². The van der Waals surface area contributed by atoms with E-state index in [1.165, 1.54) is 12.8 Å². The first kappa shape index (κ1) is 10.3. The normalized spacial score (nSPS) is 22.3. The van der Waals surface area contributed by atoms with Gasteiger partial charge in [-0.2, -0.15) is 0 Å². The molecule has 0 bridgehead atoms. The Morgan fingerprint density at radius 1 is 1.33 bits per heavy atom. The molecule has 1 spiro atoms.